The Morgan fingerprint density at radius 3 is 2.08 bits per heavy atom. The standard InChI is InChI=1S/C20H18N4O2/c21-20(22)23-18(25)13-24-16(14-7-3-1-4-8-14)11-12-17(24)19(26)15-9-5-2-6-10-15/h1-12H,13H2,(H4,21,22,23,25). The van der Waals surface area contributed by atoms with Crippen molar-refractivity contribution in [1.82, 2.24) is 4.57 Å². The van der Waals surface area contributed by atoms with E-state index >= 15 is 0 Å². The summed E-state index contributed by atoms with van der Waals surface area (Å²) < 4.78 is 1.64. The van der Waals surface area contributed by atoms with Crippen molar-refractivity contribution in [1.29, 1.82) is 0 Å². The number of hydrogen-bond acceptors (Lipinski definition) is 2. The highest BCUT2D eigenvalue weighted by Crippen LogP contribution is 2.24. The molecule has 26 heavy (non-hydrogen) atoms. The Bertz CT molecular complexity index is 956. The van der Waals surface area contributed by atoms with Crippen LogP contribution in [0.1, 0.15) is 16.1 Å². The fourth-order valence-corrected chi connectivity index (χ4v) is 2.75. The van der Waals surface area contributed by atoms with Crippen molar-refractivity contribution < 1.29 is 9.59 Å². The summed E-state index contributed by atoms with van der Waals surface area (Å²) >= 11 is 0. The van der Waals surface area contributed by atoms with Crippen LogP contribution in [0.25, 0.3) is 11.3 Å². The number of rotatable bonds is 5. The molecule has 4 N–H and O–H groups in total. The number of carbonyl (C=O) groups excluding carboxylic acids is 2. The van der Waals surface area contributed by atoms with Crippen LogP contribution in [0.2, 0.25) is 0 Å². The van der Waals surface area contributed by atoms with E-state index in [1.807, 2.05) is 42.5 Å². The first-order chi connectivity index (χ1) is 12.6. The number of hydrogen-bond donors (Lipinski definition) is 2. The van der Waals surface area contributed by atoms with Crippen LogP contribution in [0, 0.1) is 0 Å². The van der Waals surface area contributed by atoms with Gasteiger partial charge < -0.3 is 16.0 Å². The largest absolute Gasteiger partial charge is 0.370 e. The molecule has 0 aliphatic heterocycles. The fraction of sp³-hybridized carbons (Fsp3) is 0.0500. The maximum absolute atomic E-state index is 12.9. The van der Waals surface area contributed by atoms with E-state index in [2.05, 4.69) is 4.99 Å². The van der Waals surface area contributed by atoms with Crippen molar-refractivity contribution in [2.24, 2.45) is 16.5 Å². The lowest BCUT2D eigenvalue weighted by Gasteiger charge is -2.12. The average Bonchev–Trinajstić information content (AvgIpc) is 3.05. The molecule has 0 aliphatic rings. The van der Waals surface area contributed by atoms with Crippen molar-refractivity contribution in [3.8, 4) is 11.3 Å². The number of benzene rings is 2. The predicted octanol–water partition coefficient (Wildman–Crippen LogP) is 2.19. The van der Waals surface area contributed by atoms with E-state index in [1.54, 1.807) is 34.9 Å². The van der Waals surface area contributed by atoms with Crippen LogP contribution in [0.5, 0.6) is 0 Å². The van der Waals surface area contributed by atoms with E-state index in [0.717, 1.165) is 11.3 Å². The molecule has 3 rings (SSSR count). The quantitative estimate of drug-likeness (QED) is 0.420. The molecular weight excluding hydrogens is 328 g/mol. The normalized spacial score (nSPS) is 10.3. The Labute approximate surface area is 150 Å². The van der Waals surface area contributed by atoms with Crippen molar-refractivity contribution in [3.63, 3.8) is 0 Å². The summed E-state index contributed by atoms with van der Waals surface area (Å²) in [6.07, 6.45) is 0. The highest BCUT2D eigenvalue weighted by atomic mass is 16.1. The number of ketones is 1. The van der Waals surface area contributed by atoms with Crippen molar-refractivity contribution in [3.05, 3.63) is 84.1 Å². The van der Waals surface area contributed by atoms with Gasteiger partial charge in [-0.3, -0.25) is 9.59 Å². The minimum absolute atomic E-state index is 0.136. The third-order valence-electron chi connectivity index (χ3n) is 3.87. The Morgan fingerprint density at radius 2 is 1.46 bits per heavy atom. The van der Waals surface area contributed by atoms with Gasteiger partial charge in [-0.2, -0.15) is 4.99 Å². The molecule has 0 atom stereocenters. The van der Waals surface area contributed by atoms with Gasteiger partial charge in [-0.05, 0) is 17.7 Å². The van der Waals surface area contributed by atoms with Crippen LogP contribution in [0.4, 0.5) is 0 Å². The third kappa shape index (κ3) is 3.70. The molecule has 0 bridgehead atoms. The maximum atomic E-state index is 12.9. The number of nitrogens with two attached hydrogens (primary N) is 2. The van der Waals surface area contributed by atoms with Crippen molar-refractivity contribution >= 4 is 17.6 Å². The molecule has 6 heteroatoms. The molecule has 0 saturated carbocycles. The lowest BCUT2D eigenvalue weighted by atomic mass is 10.1. The van der Waals surface area contributed by atoms with Gasteiger partial charge in [0.1, 0.15) is 6.54 Å². The van der Waals surface area contributed by atoms with Crippen LogP contribution in [-0.2, 0) is 11.3 Å². The van der Waals surface area contributed by atoms with E-state index in [1.165, 1.54) is 0 Å². The summed E-state index contributed by atoms with van der Waals surface area (Å²) in [6, 6.07) is 21.9. The monoisotopic (exact) mass is 346 g/mol. The molecule has 0 unspecified atom stereocenters. The zero-order valence-electron chi connectivity index (χ0n) is 14.0. The summed E-state index contributed by atoms with van der Waals surface area (Å²) in [5.41, 5.74) is 13.1. The summed E-state index contributed by atoms with van der Waals surface area (Å²) in [6.45, 7) is -0.136. The first kappa shape index (κ1) is 17.2. The summed E-state index contributed by atoms with van der Waals surface area (Å²) in [5, 5.41) is 0. The van der Waals surface area contributed by atoms with Crippen LogP contribution in [-0.4, -0.2) is 22.2 Å². The number of guanidine groups is 1. The number of aliphatic imine (C=N–C) groups is 1. The topological polar surface area (TPSA) is 103 Å². The Morgan fingerprint density at radius 1 is 0.846 bits per heavy atom. The number of amides is 1. The van der Waals surface area contributed by atoms with E-state index in [0.29, 0.717) is 11.3 Å². The second kappa shape index (κ2) is 7.48. The molecule has 0 radical (unpaired) electrons. The zero-order chi connectivity index (χ0) is 18.5. The smallest absolute Gasteiger partial charge is 0.268 e. The lowest BCUT2D eigenvalue weighted by Crippen LogP contribution is -2.25. The summed E-state index contributed by atoms with van der Waals surface area (Å²) in [5.74, 6) is -1.01. The van der Waals surface area contributed by atoms with Gasteiger partial charge in [-0.15, -0.1) is 0 Å². The van der Waals surface area contributed by atoms with Gasteiger partial charge in [-0.25, -0.2) is 0 Å². The fourth-order valence-electron chi connectivity index (χ4n) is 2.75. The van der Waals surface area contributed by atoms with Gasteiger partial charge in [0.05, 0.1) is 5.69 Å². The first-order valence-electron chi connectivity index (χ1n) is 8.03. The molecule has 0 aliphatic carbocycles. The first-order valence-corrected chi connectivity index (χ1v) is 8.03. The van der Waals surface area contributed by atoms with Gasteiger partial charge in [0, 0.05) is 11.3 Å². The molecule has 3 aromatic rings. The van der Waals surface area contributed by atoms with Crippen molar-refractivity contribution in [2.75, 3.05) is 0 Å². The highest BCUT2D eigenvalue weighted by molar-refractivity contribution is 6.08. The molecule has 0 spiro atoms. The second-order valence-electron chi connectivity index (χ2n) is 5.68. The number of aromatic nitrogens is 1. The predicted molar refractivity (Wildman–Crippen MR) is 101 cm³/mol. The molecule has 6 nitrogen and oxygen atoms in total. The van der Waals surface area contributed by atoms with Crippen LogP contribution >= 0.6 is 0 Å². The molecule has 130 valence electrons. The SMILES string of the molecule is NC(N)=NC(=O)Cn1c(C(=O)c2ccccc2)ccc1-c1ccccc1. The third-order valence-corrected chi connectivity index (χ3v) is 3.87. The van der Waals surface area contributed by atoms with Gasteiger partial charge >= 0.3 is 0 Å². The summed E-state index contributed by atoms with van der Waals surface area (Å²) in [4.78, 5) is 28.6. The van der Waals surface area contributed by atoms with E-state index in [4.69, 9.17) is 11.5 Å². The highest BCUT2D eigenvalue weighted by Gasteiger charge is 2.19. The molecular formula is C20H18N4O2. The van der Waals surface area contributed by atoms with Gasteiger partial charge in [-0.1, -0.05) is 60.7 Å². The average molecular weight is 346 g/mol. The Kier molecular flexibility index (Phi) is 4.94. The molecule has 1 aromatic heterocycles. The molecule has 2 aromatic carbocycles. The number of carbonyl (C=O) groups is 2. The van der Waals surface area contributed by atoms with Gasteiger partial charge in [0.15, 0.2) is 5.96 Å². The minimum Gasteiger partial charge on any atom is -0.370 e. The maximum Gasteiger partial charge on any atom is 0.268 e. The molecule has 0 saturated heterocycles. The van der Waals surface area contributed by atoms with E-state index < -0.39 is 5.91 Å². The van der Waals surface area contributed by atoms with Gasteiger partial charge in [0.2, 0.25) is 5.78 Å². The lowest BCUT2D eigenvalue weighted by molar-refractivity contribution is -0.118. The van der Waals surface area contributed by atoms with Gasteiger partial charge in [0.25, 0.3) is 5.91 Å². The minimum atomic E-state index is -0.527. The Balaban J connectivity index is 2.07. The number of nitrogens with zero attached hydrogens (tertiary/aromatic N) is 2. The van der Waals surface area contributed by atoms with E-state index in [-0.39, 0.29) is 18.3 Å². The molecule has 1 heterocycles. The van der Waals surface area contributed by atoms with E-state index in [9.17, 15) is 9.59 Å². The Hall–Kier alpha value is -3.67. The summed E-state index contributed by atoms with van der Waals surface area (Å²) in [7, 11) is 0. The zero-order valence-corrected chi connectivity index (χ0v) is 14.0. The second-order valence-corrected chi connectivity index (χ2v) is 5.68. The van der Waals surface area contributed by atoms with Crippen LogP contribution < -0.4 is 11.5 Å². The van der Waals surface area contributed by atoms with Crippen molar-refractivity contribution in [2.45, 2.75) is 6.54 Å². The molecule has 0 fully saturated rings. The van der Waals surface area contributed by atoms with Crippen LogP contribution in [0.15, 0.2) is 77.8 Å². The van der Waals surface area contributed by atoms with Crippen LogP contribution in [0.3, 0.4) is 0 Å². The molecule has 1 amide bonds.